The second-order valence-electron chi connectivity index (χ2n) is 4.33. The lowest BCUT2D eigenvalue weighted by Gasteiger charge is -2.07. The van der Waals surface area contributed by atoms with Crippen molar-refractivity contribution < 1.29 is 0 Å². The Morgan fingerprint density at radius 3 is 2.60 bits per heavy atom. The van der Waals surface area contributed by atoms with Crippen molar-refractivity contribution in [3.63, 3.8) is 0 Å². The van der Waals surface area contributed by atoms with Crippen LogP contribution in [0.1, 0.15) is 0 Å². The highest BCUT2D eigenvalue weighted by molar-refractivity contribution is 5.65. The van der Waals surface area contributed by atoms with E-state index in [9.17, 15) is 0 Å². The first-order chi connectivity index (χ1) is 9.78. The summed E-state index contributed by atoms with van der Waals surface area (Å²) >= 11 is 0. The summed E-state index contributed by atoms with van der Waals surface area (Å²) < 4.78 is 1.87. The summed E-state index contributed by atoms with van der Waals surface area (Å²) in [6.45, 7) is 0. The summed E-state index contributed by atoms with van der Waals surface area (Å²) in [5, 5.41) is 0. The molecule has 0 aliphatic carbocycles. The number of rotatable bonds is 3. The van der Waals surface area contributed by atoms with Gasteiger partial charge in [-0.3, -0.25) is 0 Å². The number of imidazole rings is 1. The number of benzene rings is 1. The van der Waals surface area contributed by atoms with Crippen molar-refractivity contribution in [1.82, 2.24) is 19.5 Å². The van der Waals surface area contributed by atoms with Gasteiger partial charge in [0.1, 0.15) is 5.82 Å². The Morgan fingerprint density at radius 1 is 1.15 bits per heavy atom. The summed E-state index contributed by atoms with van der Waals surface area (Å²) in [4.78, 5) is 13.2. The zero-order valence-electron chi connectivity index (χ0n) is 11.0. The molecule has 0 saturated carbocycles. The zero-order chi connectivity index (χ0) is 13.9. The second kappa shape index (κ2) is 5.10. The van der Waals surface area contributed by atoms with E-state index >= 15 is 0 Å². The smallest absolute Gasteiger partial charge is 0.198 e. The first-order valence-electron chi connectivity index (χ1n) is 6.17. The summed E-state index contributed by atoms with van der Waals surface area (Å²) in [5.74, 6) is 7.27. The molecule has 6 heteroatoms. The number of nitrogen functional groups attached to an aromatic ring is 1. The third-order valence-corrected chi connectivity index (χ3v) is 2.96. The Kier molecular flexibility index (Phi) is 3.14. The van der Waals surface area contributed by atoms with E-state index in [0.717, 1.165) is 11.3 Å². The van der Waals surface area contributed by atoms with Crippen molar-refractivity contribution in [3.8, 4) is 22.9 Å². The molecule has 3 rings (SSSR count). The van der Waals surface area contributed by atoms with Gasteiger partial charge >= 0.3 is 0 Å². The minimum absolute atomic E-state index is 0.534. The van der Waals surface area contributed by atoms with Crippen LogP contribution < -0.4 is 11.3 Å². The van der Waals surface area contributed by atoms with Crippen molar-refractivity contribution in [2.45, 2.75) is 0 Å². The van der Waals surface area contributed by atoms with Gasteiger partial charge in [-0.2, -0.15) is 0 Å². The fourth-order valence-corrected chi connectivity index (χ4v) is 1.96. The van der Waals surface area contributed by atoms with E-state index in [4.69, 9.17) is 5.84 Å². The Morgan fingerprint density at radius 2 is 1.95 bits per heavy atom. The van der Waals surface area contributed by atoms with Crippen LogP contribution in [-0.2, 0) is 7.05 Å². The van der Waals surface area contributed by atoms with Crippen LogP contribution in [0, 0.1) is 0 Å². The predicted molar refractivity (Wildman–Crippen MR) is 77.5 cm³/mol. The number of hydrogen-bond donors (Lipinski definition) is 2. The number of hydrogen-bond acceptors (Lipinski definition) is 5. The van der Waals surface area contributed by atoms with Gasteiger partial charge < -0.3 is 9.99 Å². The van der Waals surface area contributed by atoms with Gasteiger partial charge in [-0.25, -0.2) is 20.8 Å². The molecule has 0 saturated heterocycles. The van der Waals surface area contributed by atoms with Crippen molar-refractivity contribution in [1.29, 1.82) is 0 Å². The van der Waals surface area contributed by atoms with E-state index < -0.39 is 0 Å². The zero-order valence-corrected chi connectivity index (χ0v) is 11.0. The van der Waals surface area contributed by atoms with Crippen molar-refractivity contribution in [3.05, 3.63) is 48.8 Å². The molecule has 20 heavy (non-hydrogen) atoms. The summed E-state index contributed by atoms with van der Waals surface area (Å²) in [7, 11) is 1.90. The normalized spacial score (nSPS) is 10.5. The SMILES string of the molecule is Cn1ccnc1-c1nc(NN)cc(-c2ccccc2)n1. The maximum Gasteiger partial charge on any atom is 0.198 e. The molecule has 0 aliphatic heterocycles. The Labute approximate surface area is 116 Å². The van der Waals surface area contributed by atoms with Crippen LogP contribution in [0.5, 0.6) is 0 Å². The minimum Gasteiger partial charge on any atom is -0.331 e. The largest absolute Gasteiger partial charge is 0.331 e. The lowest BCUT2D eigenvalue weighted by atomic mass is 10.1. The van der Waals surface area contributed by atoms with Crippen LogP contribution in [0.3, 0.4) is 0 Å². The van der Waals surface area contributed by atoms with E-state index in [1.807, 2.05) is 54.2 Å². The highest BCUT2D eigenvalue weighted by Crippen LogP contribution is 2.22. The molecule has 0 unspecified atom stereocenters. The summed E-state index contributed by atoms with van der Waals surface area (Å²) in [6, 6.07) is 11.7. The van der Waals surface area contributed by atoms with Crippen LogP contribution in [0.15, 0.2) is 48.8 Å². The van der Waals surface area contributed by atoms with Gasteiger partial charge in [-0.05, 0) is 0 Å². The standard InChI is InChI=1S/C14H14N6/c1-20-8-7-16-14(20)13-17-11(9-12(18-13)19-15)10-5-3-2-4-6-10/h2-9H,15H2,1H3,(H,17,18,19). The van der Waals surface area contributed by atoms with E-state index in [0.29, 0.717) is 17.5 Å². The van der Waals surface area contributed by atoms with Gasteiger partial charge in [0.2, 0.25) is 0 Å². The third kappa shape index (κ3) is 2.24. The maximum absolute atomic E-state index is 5.49. The van der Waals surface area contributed by atoms with E-state index in [2.05, 4.69) is 20.4 Å². The topological polar surface area (TPSA) is 81.7 Å². The van der Waals surface area contributed by atoms with Crippen molar-refractivity contribution in [2.75, 3.05) is 5.43 Å². The molecule has 0 radical (unpaired) electrons. The molecule has 3 N–H and O–H groups in total. The number of nitrogens with zero attached hydrogens (tertiary/aromatic N) is 4. The van der Waals surface area contributed by atoms with Crippen LogP contribution in [0.25, 0.3) is 22.9 Å². The van der Waals surface area contributed by atoms with Crippen molar-refractivity contribution >= 4 is 5.82 Å². The molecule has 0 fully saturated rings. The van der Waals surface area contributed by atoms with Crippen LogP contribution in [0.4, 0.5) is 5.82 Å². The Balaban J connectivity index is 2.15. The van der Waals surface area contributed by atoms with Gasteiger partial charge in [0.25, 0.3) is 0 Å². The quantitative estimate of drug-likeness (QED) is 0.558. The van der Waals surface area contributed by atoms with E-state index in [1.165, 1.54) is 0 Å². The van der Waals surface area contributed by atoms with Crippen molar-refractivity contribution in [2.24, 2.45) is 12.9 Å². The third-order valence-electron chi connectivity index (χ3n) is 2.96. The van der Waals surface area contributed by atoms with Gasteiger partial charge in [-0.15, -0.1) is 0 Å². The van der Waals surface area contributed by atoms with Crippen LogP contribution in [0.2, 0.25) is 0 Å². The fourth-order valence-electron chi connectivity index (χ4n) is 1.96. The fraction of sp³-hybridized carbons (Fsp3) is 0.0714. The number of hydrazine groups is 1. The van der Waals surface area contributed by atoms with E-state index in [1.54, 1.807) is 6.20 Å². The molecule has 0 amide bonds. The molecule has 0 bridgehead atoms. The van der Waals surface area contributed by atoms with Gasteiger partial charge in [0, 0.05) is 31.1 Å². The molecule has 2 aromatic heterocycles. The molecular weight excluding hydrogens is 252 g/mol. The summed E-state index contributed by atoms with van der Waals surface area (Å²) in [5.41, 5.74) is 4.37. The highest BCUT2D eigenvalue weighted by Gasteiger charge is 2.11. The molecular formula is C14H14N6. The average molecular weight is 266 g/mol. The lowest BCUT2D eigenvalue weighted by molar-refractivity contribution is 0.906. The first-order valence-corrected chi connectivity index (χ1v) is 6.17. The van der Waals surface area contributed by atoms with Gasteiger partial charge in [0.05, 0.1) is 5.69 Å². The highest BCUT2D eigenvalue weighted by atomic mass is 15.3. The molecule has 1 aromatic carbocycles. The lowest BCUT2D eigenvalue weighted by Crippen LogP contribution is -2.10. The number of anilines is 1. The Bertz CT molecular complexity index is 720. The molecule has 0 aliphatic rings. The van der Waals surface area contributed by atoms with Crippen LogP contribution >= 0.6 is 0 Å². The van der Waals surface area contributed by atoms with Gasteiger partial charge in [0.15, 0.2) is 11.6 Å². The average Bonchev–Trinajstić information content (AvgIpc) is 2.94. The van der Waals surface area contributed by atoms with E-state index in [-0.39, 0.29) is 0 Å². The molecule has 100 valence electrons. The molecule has 6 nitrogen and oxygen atoms in total. The molecule has 2 heterocycles. The number of aryl methyl sites for hydroxylation is 1. The molecule has 0 spiro atoms. The minimum atomic E-state index is 0.534. The Hall–Kier alpha value is -2.73. The van der Waals surface area contributed by atoms with Gasteiger partial charge in [-0.1, -0.05) is 30.3 Å². The van der Waals surface area contributed by atoms with Crippen LogP contribution in [-0.4, -0.2) is 19.5 Å². The number of nitrogens with one attached hydrogen (secondary N) is 1. The predicted octanol–water partition coefficient (Wildman–Crippen LogP) is 1.83. The number of nitrogens with two attached hydrogens (primary N) is 1. The monoisotopic (exact) mass is 266 g/mol. The second-order valence-corrected chi connectivity index (χ2v) is 4.33. The molecule has 3 aromatic rings. The molecule has 0 atom stereocenters. The number of aromatic nitrogens is 4. The summed E-state index contributed by atoms with van der Waals surface area (Å²) in [6.07, 6.45) is 3.56. The maximum atomic E-state index is 5.49. The first kappa shape index (κ1) is 12.3.